The number of benzene rings is 1. The molecule has 0 amide bonds. The van der Waals surface area contributed by atoms with Gasteiger partial charge in [0, 0.05) is 18.4 Å². The quantitative estimate of drug-likeness (QED) is 0.916. The molecule has 3 heteroatoms. The van der Waals surface area contributed by atoms with Gasteiger partial charge in [0.2, 0.25) is 0 Å². The van der Waals surface area contributed by atoms with Crippen molar-refractivity contribution in [2.45, 2.75) is 58.2 Å². The first kappa shape index (κ1) is 15.3. The van der Waals surface area contributed by atoms with Gasteiger partial charge >= 0.3 is 0 Å². The Morgan fingerprint density at radius 3 is 2.80 bits per heavy atom. The molecule has 2 atom stereocenters. The lowest BCUT2D eigenvalue weighted by molar-refractivity contribution is -0.110. The summed E-state index contributed by atoms with van der Waals surface area (Å²) >= 11 is 0. The molecule has 1 heterocycles. The second kappa shape index (κ2) is 6.15. The molecule has 3 nitrogen and oxygen atoms in total. The van der Waals surface area contributed by atoms with Crippen molar-refractivity contribution in [3.63, 3.8) is 0 Å². The van der Waals surface area contributed by atoms with E-state index in [-0.39, 0.29) is 6.10 Å². The van der Waals surface area contributed by atoms with Crippen molar-refractivity contribution in [3.8, 4) is 5.75 Å². The molecule has 0 aliphatic carbocycles. The van der Waals surface area contributed by atoms with Gasteiger partial charge in [-0.25, -0.2) is 0 Å². The van der Waals surface area contributed by atoms with Crippen LogP contribution in [0.5, 0.6) is 5.75 Å². The zero-order valence-electron chi connectivity index (χ0n) is 13.0. The van der Waals surface area contributed by atoms with E-state index in [1.54, 1.807) is 7.11 Å². The predicted octanol–water partition coefficient (Wildman–Crippen LogP) is 3.48. The third-order valence-electron chi connectivity index (χ3n) is 4.43. The molecule has 20 heavy (non-hydrogen) atoms. The Balaban J connectivity index is 2.36. The van der Waals surface area contributed by atoms with Gasteiger partial charge in [0.25, 0.3) is 0 Å². The number of hydrogen-bond donors (Lipinski definition) is 1. The Bertz CT molecular complexity index is 468. The molecule has 1 aromatic carbocycles. The highest BCUT2D eigenvalue weighted by Crippen LogP contribution is 2.42. The van der Waals surface area contributed by atoms with Crippen LogP contribution >= 0.6 is 0 Å². The Hall–Kier alpha value is -1.06. The molecule has 0 saturated carbocycles. The maximum absolute atomic E-state index is 11.1. The number of aliphatic hydroxyl groups is 1. The lowest BCUT2D eigenvalue weighted by Crippen LogP contribution is -2.39. The molecule has 1 aliphatic rings. The van der Waals surface area contributed by atoms with Crippen LogP contribution < -0.4 is 4.74 Å². The van der Waals surface area contributed by atoms with E-state index in [0.29, 0.717) is 19.4 Å². The monoisotopic (exact) mass is 278 g/mol. The first-order chi connectivity index (χ1) is 9.51. The average molecular weight is 278 g/mol. The van der Waals surface area contributed by atoms with Crippen molar-refractivity contribution in [1.29, 1.82) is 0 Å². The molecule has 0 spiro atoms. The number of rotatable bonds is 4. The SMILES string of the molecule is CCCC1CC(O)(c2ccc(C)c(C)c2OC)CCO1. The van der Waals surface area contributed by atoms with E-state index in [9.17, 15) is 5.11 Å². The van der Waals surface area contributed by atoms with Crippen LogP contribution in [-0.2, 0) is 10.3 Å². The largest absolute Gasteiger partial charge is 0.496 e. The van der Waals surface area contributed by atoms with Gasteiger partial charge in [0.1, 0.15) is 5.75 Å². The topological polar surface area (TPSA) is 38.7 Å². The van der Waals surface area contributed by atoms with Crippen LogP contribution in [0.4, 0.5) is 0 Å². The van der Waals surface area contributed by atoms with Crippen molar-refractivity contribution < 1.29 is 14.6 Å². The first-order valence-corrected chi connectivity index (χ1v) is 7.50. The summed E-state index contributed by atoms with van der Waals surface area (Å²) in [5, 5.41) is 11.1. The summed E-state index contributed by atoms with van der Waals surface area (Å²) in [4.78, 5) is 0. The highest BCUT2D eigenvalue weighted by atomic mass is 16.5. The molecular formula is C17H26O3. The maximum Gasteiger partial charge on any atom is 0.128 e. The molecule has 1 saturated heterocycles. The van der Waals surface area contributed by atoms with E-state index < -0.39 is 5.60 Å². The minimum Gasteiger partial charge on any atom is -0.496 e. The second-order valence-corrected chi connectivity index (χ2v) is 5.86. The fourth-order valence-corrected chi connectivity index (χ4v) is 3.10. The summed E-state index contributed by atoms with van der Waals surface area (Å²) in [6.45, 7) is 6.87. The van der Waals surface area contributed by atoms with Crippen LogP contribution in [0.2, 0.25) is 0 Å². The number of hydrogen-bond acceptors (Lipinski definition) is 3. The number of methoxy groups -OCH3 is 1. The van der Waals surface area contributed by atoms with E-state index in [0.717, 1.165) is 29.7 Å². The van der Waals surface area contributed by atoms with Gasteiger partial charge in [-0.3, -0.25) is 0 Å². The zero-order chi connectivity index (χ0) is 14.8. The maximum atomic E-state index is 11.1. The third kappa shape index (κ3) is 2.84. The summed E-state index contributed by atoms with van der Waals surface area (Å²) in [5.74, 6) is 0.824. The zero-order valence-corrected chi connectivity index (χ0v) is 13.0. The van der Waals surface area contributed by atoms with Gasteiger partial charge in [0.05, 0.1) is 25.4 Å². The summed E-state index contributed by atoms with van der Waals surface area (Å²) in [6, 6.07) is 4.07. The highest BCUT2D eigenvalue weighted by molar-refractivity contribution is 5.48. The molecular weight excluding hydrogens is 252 g/mol. The van der Waals surface area contributed by atoms with Crippen LogP contribution in [-0.4, -0.2) is 24.9 Å². The fraction of sp³-hybridized carbons (Fsp3) is 0.647. The second-order valence-electron chi connectivity index (χ2n) is 5.86. The molecule has 0 aromatic heterocycles. The van der Waals surface area contributed by atoms with Crippen LogP contribution in [0.3, 0.4) is 0 Å². The summed E-state index contributed by atoms with van der Waals surface area (Å²) in [7, 11) is 1.68. The van der Waals surface area contributed by atoms with Crippen LogP contribution in [0.25, 0.3) is 0 Å². The Morgan fingerprint density at radius 2 is 2.15 bits per heavy atom. The molecule has 1 aromatic rings. The third-order valence-corrected chi connectivity index (χ3v) is 4.43. The minimum atomic E-state index is -0.831. The first-order valence-electron chi connectivity index (χ1n) is 7.50. The van der Waals surface area contributed by atoms with Crippen LogP contribution in [0.1, 0.15) is 49.3 Å². The fourth-order valence-electron chi connectivity index (χ4n) is 3.10. The molecule has 112 valence electrons. The summed E-state index contributed by atoms with van der Waals surface area (Å²) < 4.78 is 11.3. The standard InChI is InChI=1S/C17H26O3/c1-5-6-14-11-17(18,9-10-20-14)15-8-7-12(2)13(3)16(15)19-4/h7-8,14,18H,5-6,9-11H2,1-4H3. The average Bonchev–Trinajstić information content (AvgIpc) is 2.42. The van der Waals surface area contributed by atoms with Gasteiger partial charge in [0.15, 0.2) is 0 Å². The van der Waals surface area contributed by atoms with Crippen LogP contribution in [0, 0.1) is 13.8 Å². The van der Waals surface area contributed by atoms with Gasteiger partial charge in [-0.1, -0.05) is 25.5 Å². The Kier molecular flexibility index (Phi) is 4.71. The Morgan fingerprint density at radius 1 is 1.40 bits per heavy atom. The molecule has 1 N–H and O–H groups in total. The molecule has 2 rings (SSSR count). The predicted molar refractivity (Wildman–Crippen MR) is 80.2 cm³/mol. The minimum absolute atomic E-state index is 0.144. The molecule has 2 unspecified atom stereocenters. The highest BCUT2D eigenvalue weighted by Gasteiger charge is 2.38. The van der Waals surface area contributed by atoms with Gasteiger partial charge in [-0.15, -0.1) is 0 Å². The smallest absolute Gasteiger partial charge is 0.128 e. The van der Waals surface area contributed by atoms with E-state index >= 15 is 0 Å². The van der Waals surface area contributed by atoms with Gasteiger partial charge in [-0.05, 0) is 31.4 Å². The van der Waals surface area contributed by atoms with Crippen molar-refractivity contribution in [3.05, 3.63) is 28.8 Å². The van der Waals surface area contributed by atoms with Crippen molar-refractivity contribution >= 4 is 0 Å². The van der Waals surface area contributed by atoms with Crippen molar-refractivity contribution in [2.24, 2.45) is 0 Å². The number of ether oxygens (including phenoxy) is 2. The summed E-state index contributed by atoms with van der Waals surface area (Å²) in [5.41, 5.74) is 2.37. The van der Waals surface area contributed by atoms with Crippen LogP contribution in [0.15, 0.2) is 12.1 Å². The molecule has 0 bridgehead atoms. The molecule has 0 radical (unpaired) electrons. The number of aryl methyl sites for hydroxylation is 1. The molecule has 1 fully saturated rings. The van der Waals surface area contributed by atoms with E-state index in [1.165, 1.54) is 5.56 Å². The van der Waals surface area contributed by atoms with Crippen molar-refractivity contribution in [1.82, 2.24) is 0 Å². The normalized spacial score (nSPS) is 26.6. The Labute approximate surface area is 121 Å². The molecule has 1 aliphatic heterocycles. The summed E-state index contributed by atoms with van der Waals surface area (Å²) in [6.07, 6.45) is 3.50. The lowest BCUT2D eigenvalue weighted by Gasteiger charge is -2.38. The van der Waals surface area contributed by atoms with Gasteiger partial charge < -0.3 is 14.6 Å². The van der Waals surface area contributed by atoms with E-state index in [4.69, 9.17) is 9.47 Å². The van der Waals surface area contributed by atoms with E-state index in [2.05, 4.69) is 19.9 Å². The van der Waals surface area contributed by atoms with E-state index in [1.807, 2.05) is 13.0 Å². The lowest BCUT2D eigenvalue weighted by atomic mass is 9.81. The van der Waals surface area contributed by atoms with Crippen molar-refractivity contribution in [2.75, 3.05) is 13.7 Å². The van der Waals surface area contributed by atoms with Gasteiger partial charge in [-0.2, -0.15) is 0 Å².